The van der Waals surface area contributed by atoms with Gasteiger partial charge in [0.05, 0.1) is 28.7 Å². The predicted octanol–water partition coefficient (Wildman–Crippen LogP) is 21.7. The lowest BCUT2D eigenvalue weighted by atomic mass is 9.83. The quantitative estimate of drug-likeness (QED) is 0.0292. The average molecular weight is 1160 g/mol. The Hall–Kier alpha value is -9.20. The zero-order valence-corrected chi connectivity index (χ0v) is 52.4. The molecule has 0 aliphatic rings. The molecule has 9 aromatic carbocycles. The molecule has 0 aliphatic heterocycles. The number of hydrogen-bond donors (Lipinski definition) is 0. The van der Waals surface area contributed by atoms with Crippen LogP contribution in [0.4, 0.5) is 0 Å². The summed E-state index contributed by atoms with van der Waals surface area (Å²) in [5.74, 6) is 18.8. The molecule has 2 heterocycles. The van der Waals surface area contributed by atoms with Gasteiger partial charge in [0.25, 0.3) is 0 Å². The van der Waals surface area contributed by atoms with Crippen molar-refractivity contribution in [2.45, 2.75) is 163 Å². The minimum Gasteiger partial charge on any atom is -0.494 e. The van der Waals surface area contributed by atoms with Gasteiger partial charge in [-0.15, -0.1) is 6.42 Å². The molecule has 0 atom stereocenters. The molecule has 0 bridgehead atoms. The lowest BCUT2D eigenvalue weighted by Crippen LogP contribution is -2.07. The number of imidazole rings is 2. The second-order valence-electron chi connectivity index (χ2n) is 24.0. The van der Waals surface area contributed by atoms with E-state index in [1.54, 1.807) is 0 Å². The summed E-state index contributed by atoms with van der Waals surface area (Å²) in [5.41, 5.74) is 13.8. The number of fused-ring (bicyclic) bond motifs is 6. The highest BCUT2D eigenvalue weighted by molar-refractivity contribution is 6.23. The first-order chi connectivity index (χ1) is 43.3. The van der Waals surface area contributed by atoms with Crippen molar-refractivity contribution in [2.24, 2.45) is 0 Å². The fourth-order valence-electron chi connectivity index (χ4n) is 12.8. The van der Waals surface area contributed by atoms with E-state index in [0.29, 0.717) is 5.75 Å². The van der Waals surface area contributed by atoms with Crippen molar-refractivity contribution in [1.29, 1.82) is 0 Å². The zero-order valence-electron chi connectivity index (χ0n) is 52.4. The molecular weight excluding hydrogens is 1070 g/mol. The molecule has 11 aromatic rings. The van der Waals surface area contributed by atoms with Crippen molar-refractivity contribution in [3.05, 3.63) is 157 Å². The normalized spacial score (nSPS) is 11.2. The summed E-state index contributed by atoms with van der Waals surface area (Å²) in [6.07, 6.45) is 30.1. The van der Waals surface area contributed by atoms with Gasteiger partial charge in [0, 0.05) is 30.9 Å². The fourth-order valence-corrected chi connectivity index (χ4v) is 12.8. The third-order valence-corrected chi connectivity index (χ3v) is 17.4. The summed E-state index contributed by atoms with van der Waals surface area (Å²) < 4.78 is 17.1. The van der Waals surface area contributed by atoms with E-state index in [9.17, 15) is 0 Å². The van der Waals surface area contributed by atoms with E-state index in [1.165, 1.54) is 162 Å². The molecule has 0 saturated heterocycles. The molecule has 0 aliphatic carbocycles. The summed E-state index contributed by atoms with van der Waals surface area (Å²) >= 11 is 0. The first-order valence-corrected chi connectivity index (χ1v) is 32.6. The Balaban J connectivity index is 1.04. The van der Waals surface area contributed by atoms with E-state index >= 15 is 0 Å². The van der Waals surface area contributed by atoms with Gasteiger partial charge in [-0.05, 0) is 200 Å². The zero-order chi connectivity index (χ0) is 60.6. The molecule has 6 heteroatoms. The number of nitrogens with zero attached hydrogens (tertiary/aromatic N) is 4. The van der Waals surface area contributed by atoms with Gasteiger partial charge in [0.1, 0.15) is 17.6 Å². The Kier molecular flexibility index (Phi) is 20.3. The van der Waals surface area contributed by atoms with E-state index < -0.39 is 0 Å². The monoisotopic (exact) mass is 1150 g/mol. The summed E-state index contributed by atoms with van der Waals surface area (Å²) in [7, 11) is 0. The smallest absolute Gasteiger partial charge is 0.177 e. The molecule has 442 valence electrons. The van der Waals surface area contributed by atoms with Crippen molar-refractivity contribution < 1.29 is 9.47 Å². The van der Waals surface area contributed by atoms with E-state index in [2.05, 4.69) is 219 Å². The highest BCUT2D eigenvalue weighted by atomic mass is 16.5. The van der Waals surface area contributed by atoms with Gasteiger partial charge >= 0.3 is 0 Å². The molecule has 0 saturated carbocycles. The lowest BCUT2D eigenvalue weighted by molar-refractivity contribution is 0.305. The van der Waals surface area contributed by atoms with Crippen LogP contribution in [-0.4, -0.2) is 25.7 Å². The number of hydrogen-bond acceptors (Lipinski definition) is 4. The number of unbranched alkanes of at least 4 members (excludes halogenated alkanes) is 15. The molecule has 0 radical (unpaired) electrons. The van der Waals surface area contributed by atoms with Crippen molar-refractivity contribution in [3.8, 4) is 105 Å². The highest BCUT2D eigenvalue weighted by Gasteiger charge is 2.23. The molecule has 2 aromatic heterocycles. The molecular formula is C82H82N4O2. The van der Waals surface area contributed by atoms with Crippen LogP contribution in [0.5, 0.6) is 11.5 Å². The first-order valence-electron chi connectivity index (χ1n) is 32.6. The van der Waals surface area contributed by atoms with Crippen molar-refractivity contribution in [3.63, 3.8) is 0 Å². The number of terminal acetylenes is 1. The summed E-state index contributed by atoms with van der Waals surface area (Å²) in [4.78, 5) is 11.0. The van der Waals surface area contributed by atoms with Crippen LogP contribution < -0.4 is 9.47 Å². The van der Waals surface area contributed by atoms with Gasteiger partial charge < -0.3 is 18.6 Å². The minimum absolute atomic E-state index is 0.637. The SMILES string of the molecule is C#CC#CC#CC#COc1ccc2cc(-c3c4ccc(-c5ccc6nc(-c7nc8cc(C)ccc8n7CCCCCCCC)n(CCCCCCCC)c6c5)cc4c(-c4ccc5cc(OCCCCCCCC)ccc5c4)c4ccc(C)cc34)ccc2c1. The summed E-state index contributed by atoms with van der Waals surface area (Å²) in [6.45, 7) is 13.7. The Morgan fingerprint density at radius 1 is 0.386 bits per heavy atom. The van der Waals surface area contributed by atoms with Gasteiger partial charge in [-0.2, -0.15) is 0 Å². The topological polar surface area (TPSA) is 54.1 Å². The van der Waals surface area contributed by atoms with Crippen molar-refractivity contribution in [1.82, 2.24) is 19.1 Å². The van der Waals surface area contributed by atoms with Crippen LogP contribution in [0.1, 0.15) is 147 Å². The molecule has 6 nitrogen and oxygen atoms in total. The van der Waals surface area contributed by atoms with Crippen molar-refractivity contribution >= 4 is 65.2 Å². The maximum absolute atomic E-state index is 6.35. The number of rotatable bonds is 27. The third kappa shape index (κ3) is 14.1. The molecule has 0 spiro atoms. The number of ether oxygens (including phenoxy) is 2. The van der Waals surface area contributed by atoms with E-state index in [4.69, 9.17) is 25.9 Å². The van der Waals surface area contributed by atoms with Gasteiger partial charge in [0.2, 0.25) is 0 Å². The van der Waals surface area contributed by atoms with Crippen LogP contribution >= 0.6 is 0 Å². The standard InChI is InChI=1S/C82H82N4O2/c1-7-11-15-19-23-27-47-85-77-46-32-60(6)52-76(77)84-82(85)81-83-75-45-40-66(58-78(75)86(81)48-28-24-20-16-12-8-2)65-39-44-72-74(57-65)80(68-36-34-64-56-70(42-38-62(64)54-68)88-50-30-26-22-18-14-10-4)71-43-31-59(5)51-73(71)79(72)67-35-33-63-55-69(41-37-61(63)53-67)87-49-29-25-21-17-13-9-3/h3,31-46,51-58H,7-8,10-12,14-16,18-20,22-24,26-28,30,47-48,50H2,1-2,4-6H3. The maximum Gasteiger partial charge on any atom is 0.177 e. The second kappa shape index (κ2) is 29.5. The molecule has 0 N–H and O–H groups in total. The van der Waals surface area contributed by atoms with Gasteiger partial charge in [-0.1, -0.05) is 202 Å². The molecule has 88 heavy (non-hydrogen) atoms. The van der Waals surface area contributed by atoms with Gasteiger partial charge in [-0.25, -0.2) is 9.97 Å². The maximum atomic E-state index is 6.35. The number of aryl methyl sites for hydroxylation is 4. The van der Waals surface area contributed by atoms with Gasteiger partial charge in [-0.3, -0.25) is 0 Å². The molecule has 11 rings (SSSR count). The summed E-state index contributed by atoms with van der Waals surface area (Å²) in [5, 5.41) is 9.29. The minimum atomic E-state index is 0.637. The number of benzene rings is 9. The fraction of sp³-hybridized carbons (Fsp3) is 0.317. The van der Waals surface area contributed by atoms with E-state index in [0.717, 1.165) is 100 Å². The highest BCUT2D eigenvalue weighted by Crippen LogP contribution is 2.47. The largest absolute Gasteiger partial charge is 0.494 e. The lowest BCUT2D eigenvalue weighted by Gasteiger charge is -2.20. The Labute approximate surface area is 522 Å². The Morgan fingerprint density at radius 2 is 0.875 bits per heavy atom. The van der Waals surface area contributed by atoms with Crippen LogP contribution in [0, 0.1) is 61.9 Å². The van der Waals surface area contributed by atoms with Crippen LogP contribution in [0.3, 0.4) is 0 Å². The Bertz CT molecular complexity index is 4550. The average Bonchev–Trinajstić information content (AvgIpc) is 0.814. The Morgan fingerprint density at radius 3 is 1.55 bits per heavy atom. The third-order valence-electron chi connectivity index (χ3n) is 17.4. The van der Waals surface area contributed by atoms with Crippen molar-refractivity contribution in [2.75, 3.05) is 6.61 Å². The van der Waals surface area contributed by atoms with Crippen LogP contribution in [-0.2, 0) is 13.1 Å². The van der Waals surface area contributed by atoms with Crippen LogP contribution in [0.2, 0.25) is 0 Å². The van der Waals surface area contributed by atoms with E-state index in [1.807, 2.05) is 12.1 Å². The molecule has 0 fully saturated rings. The van der Waals surface area contributed by atoms with Crippen LogP contribution in [0.15, 0.2) is 146 Å². The predicted molar refractivity (Wildman–Crippen MR) is 373 cm³/mol. The molecule has 0 amide bonds. The van der Waals surface area contributed by atoms with Gasteiger partial charge in [0.15, 0.2) is 11.6 Å². The van der Waals surface area contributed by atoms with Crippen LogP contribution in [0.25, 0.3) is 110 Å². The summed E-state index contributed by atoms with van der Waals surface area (Å²) in [6, 6.07) is 54.2. The second-order valence-corrected chi connectivity index (χ2v) is 24.0. The van der Waals surface area contributed by atoms with E-state index in [-0.39, 0.29) is 0 Å². The number of aromatic nitrogens is 4. The first kappa shape index (κ1) is 60.5. The molecule has 0 unspecified atom stereocenters.